The third-order valence-electron chi connectivity index (χ3n) is 5.35. The molecule has 10 heteroatoms. The van der Waals surface area contributed by atoms with Crippen molar-refractivity contribution in [2.24, 2.45) is 0 Å². The summed E-state index contributed by atoms with van der Waals surface area (Å²) in [6.45, 7) is 1.71. The average molecular weight is 449 g/mol. The van der Waals surface area contributed by atoms with Crippen LogP contribution in [0, 0.1) is 0 Å². The largest absolute Gasteiger partial charge is 0.494 e. The number of likely N-dealkylation sites (N-methyl/N-ethyl adjacent to an activating group) is 2. The Bertz CT molecular complexity index is 1330. The third kappa shape index (κ3) is 4.60. The summed E-state index contributed by atoms with van der Waals surface area (Å²) >= 11 is 0. The summed E-state index contributed by atoms with van der Waals surface area (Å²) in [4.78, 5) is 28.4. The minimum absolute atomic E-state index is 0.271. The number of hydrogen-bond donors (Lipinski definition) is 3. The van der Waals surface area contributed by atoms with Crippen molar-refractivity contribution < 1.29 is 4.74 Å². The third-order valence-corrected chi connectivity index (χ3v) is 5.35. The molecule has 4 rings (SSSR count). The van der Waals surface area contributed by atoms with Gasteiger partial charge in [0.15, 0.2) is 0 Å². The normalized spacial score (nSPS) is 11.2. The van der Waals surface area contributed by atoms with E-state index in [4.69, 9.17) is 10.5 Å². The molecule has 0 unspecified atom stereocenters. The second-order valence-electron chi connectivity index (χ2n) is 7.98. The lowest BCUT2D eigenvalue weighted by Crippen LogP contribution is -2.29. The number of imidazole rings is 1. The van der Waals surface area contributed by atoms with Crippen LogP contribution in [0.25, 0.3) is 16.9 Å². The minimum Gasteiger partial charge on any atom is -0.494 e. The standard InChI is InChI=1S/C23H28N8O2/c1-29(2)11-12-30(3)19-14-20(33-4)17(13-15(19)24)26-22-25-10-9-21(28-22)31-18-8-6-5-7-16(18)27-23(31)32/h5-10,13-14H,11-12,24H2,1-4H3,(H,27,32)(H,25,26,28). The fourth-order valence-corrected chi connectivity index (χ4v) is 3.59. The Morgan fingerprint density at radius 3 is 2.70 bits per heavy atom. The zero-order chi connectivity index (χ0) is 23.5. The van der Waals surface area contributed by atoms with Crippen LogP contribution in [0.5, 0.6) is 5.75 Å². The van der Waals surface area contributed by atoms with Gasteiger partial charge in [-0.2, -0.15) is 4.98 Å². The molecule has 0 atom stereocenters. The first-order valence-corrected chi connectivity index (χ1v) is 10.5. The Balaban J connectivity index is 1.65. The van der Waals surface area contributed by atoms with Gasteiger partial charge in [0, 0.05) is 38.5 Å². The number of fused-ring (bicyclic) bond motifs is 1. The number of H-pyrrole nitrogens is 1. The van der Waals surface area contributed by atoms with Gasteiger partial charge in [-0.1, -0.05) is 12.1 Å². The van der Waals surface area contributed by atoms with Crippen molar-refractivity contribution in [3.05, 3.63) is 59.1 Å². The van der Waals surface area contributed by atoms with E-state index in [-0.39, 0.29) is 5.69 Å². The number of nitrogens with zero attached hydrogens (tertiary/aromatic N) is 5. The number of hydrogen-bond acceptors (Lipinski definition) is 8. The predicted molar refractivity (Wildman–Crippen MR) is 132 cm³/mol. The van der Waals surface area contributed by atoms with E-state index in [2.05, 4.69) is 30.1 Å². The van der Waals surface area contributed by atoms with Gasteiger partial charge in [0.1, 0.15) is 11.6 Å². The van der Waals surface area contributed by atoms with Gasteiger partial charge < -0.3 is 30.6 Å². The van der Waals surface area contributed by atoms with Crippen molar-refractivity contribution >= 4 is 34.0 Å². The van der Waals surface area contributed by atoms with E-state index in [0.717, 1.165) is 29.8 Å². The van der Waals surface area contributed by atoms with E-state index in [0.29, 0.717) is 28.9 Å². The second kappa shape index (κ2) is 9.21. The molecule has 2 aromatic heterocycles. The first-order chi connectivity index (χ1) is 15.9. The number of methoxy groups -OCH3 is 1. The Morgan fingerprint density at radius 2 is 1.94 bits per heavy atom. The molecule has 0 fully saturated rings. The molecule has 0 saturated carbocycles. The van der Waals surface area contributed by atoms with E-state index in [1.54, 1.807) is 25.4 Å². The molecule has 4 aromatic rings. The molecule has 0 aliphatic rings. The maximum absolute atomic E-state index is 12.5. The molecule has 0 bridgehead atoms. The molecule has 0 saturated heterocycles. The summed E-state index contributed by atoms with van der Waals surface area (Å²) in [5.41, 5.74) is 9.66. The van der Waals surface area contributed by atoms with E-state index < -0.39 is 0 Å². The van der Waals surface area contributed by atoms with E-state index >= 15 is 0 Å². The Labute approximate surface area is 191 Å². The molecule has 0 aliphatic carbocycles. The summed E-state index contributed by atoms with van der Waals surface area (Å²) < 4.78 is 7.11. The monoisotopic (exact) mass is 448 g/mol. The van der Waals surface area contributed by atoms with Gasteiger partial charge in [-0.15, -0.1) is 0 Å². The summed E-state index contributed by atoms with van der Waals surface area (Å²) in [6, 6.07) is 12.8. The Kier molecular flexibility index (Phi) is 6.18. The summed E-state index contributed by atoms with van der Waals surface area (Å²) in [5, 5.41) is 3.17. The highest BCUT2D eigenvalue weighted by Crippen LogP contribution is 2.36. The van der Waals surface area contributed by atoms with Crippen molar-refractivity contribution in [1.82, 2.24) is 24.4 Å². The second-order valence-corrected chi connectivity index (χ2v) is 7.98. The van der Waals surface area contributed by atoms with Crippen LogP contribution in [0.1, 0.15) is 0 Å². The number of nitrogens with two attached hydrogens (primary N) is 1. The number of anilines is 4. The van der Waals surface area contributed by atoms with Gasteiger partial charge in [0.2, 0.25) is 5.95 Å². The van der Waals surface area contributed by atoms with Crippen molar-refractivity contribution in [2.45, 2.75) is 0 Å². The highest BCUT2D eigenvalue weighted by atomic mass is 16.5. The number of nitrogen functional groups attached to an aromatic ring is 1. The number of benzene rings is 2. The van der Waals surface area contributed by atoms with Crippen molar-refractivity contribution in [3.63, 3.8) is 0 Å². The number of aromatic nitrogens is 4. The van der Waals surface area contributed by atoms with Crippen LogP contribution >= 0.6 is 0 Å². The summed E-state index contributed by atoms with van der Waals surface area (Å²) in [5.74, 6) is 1.37. The summed E-state index contributed by atoms with van der Waals surface area (Å²) in [7, 11) is 7.66. The van der Waals surface area contributed by atoms with Gasteiger partial charge in [-0.3, -0.25) is 0 Å². The zero-order valence-corrected chi connectivity index (χ0v) is 19.2. The van der Waals surface area contributed by atoms with Crippen LogP contribution in [0.3, 0.4) is 0 Å². The zero-order valence-electron chi connectivity index (χ0n) is 19.2. The van der Waals surface area contributed by atoms with Gasteiger partial charge >= 0.3 is 5.69 Å². The fraction of sp³-hybridized carbons (Fsp3) is 0.261. The fourth-order valence-electron chi connectivity index (χ4n) is 3.59. The molecular formula is C23H28N8O2. The van der Waals surface area contributed by atoms with Crippen LogP contribution in [0.15, 0.2) is 53.5 Å². The van der Waals surface area contributed by atoms with Gasteiger partial charge in [-0.05, 0) is 32.3 Å². The lowest BCUT2D eigenvalue weighted by atomic mass is 10.2. The smallest absolute Gasteiger partial charge is 0.332 e. The van der Waals surface area contributed by atoms with Gasteiger partial charge in [-0.25, -0.2) is 14.3 Å². The molecule has 4 N–H and O–H groups in total. The number of rotatable bonds is 8. The molecule has 172 valence electrons. The Hall–Kier alpha value is -4.05. The van der Waals surface area contributed by atoms with Crippen LogP contribution in [-0.2, 0) is 0 Å². The highest BCUT2D eigenvalue weighted by Gasteiger charge is 2.15. The van der Waals surface area contributed by atoms with Crippen LogP contribution in [-0.4, -0.2) is 65.8 Å². The quantitative estimate of drug-likeness (QED) is 0.352. The molecule has 2 heterocycles. The predicted octanol–water partition coefficient (Wildman–Crippen LogP) is 2.44. The molecule has 0 spiro atoms. The summed E-state index contributed by atoms with van der Waals surface area (Å²) in [6.07, 6.45) is 1.60. The van der Waals surface area contributed by atoms with Gasteiger partial charge in [0.25, 0.3) is 0 Å². The first kappa shape index (κ1) is 22.2. The molecule has 33 heavy (non-hydrogen) atoms. The molecule has 2 aromatic carbocycles. The molecular weight excluding hydrogens is 420 g/mol. The lowest BCUT2D eigenvalue weighted by molar-refractivity contribution is 0.413. The number of para-hydroxylation sites is 2. The highest BCUT2D eigenvalue weighted by molar-refractivity contribution is 5.79. The van der Waals surface area contributed by atoms with Crippen LogP contribution < -0.4 is 26.4 Å². The molecule has 10 nitrogen and oxygen atoms in total. The maximum Gasteiger partial charge on any atom is 0.332 e. The SMILES string of the molecule is COc1cc(N(C)CCN(C)C)c(N)cc1Nc1nccc(-n2c(=O)[nH]c3ccccc32)n1. The van der Waals surface area contributed by atoms with Crippen LogP contribution in [0.4, 0.5) is 23.0 Å². The lowest BCUT2D eigenvalue weighted by Gasteiger charge is -2.24. The molecule has 0 aliphatic heterocycles. The van der Waals surface area contributed by atoms with E-state index in [9.17, 15) is 4.79 Å². The number of ether oxygens (including phenoxy) is 1. The van der Waals surface area contributed by atoms with Crippen molar-refractivity contribution in [2.75, 3.05) is 57.3 Å². The molecule has 0 radical (unpaired) electrons. The minimum atomic E-state index is -0.271. The van der Waals surface area contributed by atoms with E-state index in [1.165, 1.54) is 4.57 Å². The molecule has 0 amide bonds. The first-order valence-electron chi connectivity index (χ1n) is 10.5. The number of nitrogens with one attached hydrogen (secondary N) is 2. The van der Waals surface area contributed by atoms with E-state index in [1.807, 2.05) is 51.5 Å². The van der Waals surface area contributed by atoms with Crippen molar-refractivity contribution in [3.8, 4) is 11.6 Å². The topological polar surface area (TPSA) is 117 Å². The Morgan fingerprint density at radius 1 is 1.15 bits per heavy atom. The number of aromatic amines is 1. The van der Waals surface area contributed by atoms with Gasteiger partial charge in [0.05, 0.1) is 35.2 Å². The van der Waals surface area contributed by atoms with Crippen LogP contribution in [0.2, 0.25) is 0 Å². The average Bonchev–Trinajstić information content (AvgIpc) is 3.13. The maximum atomic E-state index is 12.5. The van der Waals surface area contributed by atoms with Crippen molar-refractivity contribution in [1.29, 1.82) is 0 Å².